The number of aryl methyl sites for hydroxylation is 1. The minimum absolute atomic E-state index is 0.212. The Morgan fingerprint density at radius 1 is 1.15 bits per heavy atom. The van der Waals surface area contributed by atoms with Crippen LogP contribution in [0.5, 0.6) is 0 Å². The van der Waals surface area contributed by atoms with Crippen molar-refractivity contribution >= 4 is 32.6 Å². The molecule has 1 aromatic carbocycles. The van der Waals surface area contributed by atoms with E-state index < -0.39 is 0 Å². The second-order valence-electron chi connectivity index (χ2n) is 7.38. The number of benzene rings is 1. The van der Waals surface area contributed by atoms with Crippen molar-refractivity contribution in [3.8, 4) is 0 Å². The van der Waals surface area contributed by atoms with Gasteiger partial charge in [-0.25, -0.2) is 9.78 Å². The fourth-order valence-electron chi connectivity index (χ4n) is 3.64. The lowest BCUT2D eigenvalue weighted by Gasteiger charge is -2.08. The average molecular weight is 380 g/mol. The molecule has 3 heterocycles. The van der Waals surface area contributed by atoms with E-state index in [1.54, 1.807) is 23.0 Å². The predicted octanol–water partition coefficient (Wildman–Crippen LogP) is 2.65. The van der Waals surface area contributed by atoms with Gasteiger partial charge in [0.25, 0.3) is 5.56 Å². The van der Waals surface area contributed by atoms with Gasteiger partial charge in [0.05, 0.1) is 16.4 Å². The van der Waals surface area contributed by atoms with Gasteiger partial charge in [-0.2, -0.15) is 0 Å². The van der Waals surface area contributed by atoms with E-state index in [0.29, 0.717) is 24.3 Å². The molecule has 1 saturated carbocycles. The number of imidazole rings is 1. The van der Waals surface area contributed by atoms with Crippen molar-refractivity contribution in [3.63, 3.8) is 0 Å². The number of thiophene rings is 1. The molecule has 27 heavy (non-hydrogen) atoms. The smallest absolute Gasteiger partial charge is 0.331 e. The maximum absolute atomic E-state index is 12.6. The van der Waals surface area contributed by atoms with Crippen LogP contribution in [0.25, 0.3) is 21.3 Å². The van der Waals surface area contributed by atoms with Gasteiger partial charge in [-0.05, 0) is 37.0 Å². The molecule has 1 fully saturated rings. The molecule has 1 aliphatic rings. The van der Waals surface area contributed by atoms with Crippen molar-refractivity contribution in [1.29, 1.82) is 0 Å². The third-order valence-electron chi connectivity index (χ3n) is 5.41. The molecule has 5 rings (SSSR count). The molecule has 0 amide bonds. The van der Waals surface area contributed by atoms with Gasteiger partial charge in [0.15, 0.2) is 0 Å². The Bertz CT molecular complexity index is 1300. The van der Waals surface area contributed by atoms with E-state index in [9.17, 15) is 9.59 Å². The van der Waals surface area contributed by atoms with E-state index >= 15 is 0 Å². The Morgan fingerprint density at radius 2 is 1.93 bits per heavy atom. The van der Waals surface area contributed by atoms with Crippen LogP contribution in [0.15, 0.2) is 39.9 Å². The van der Waals surface area contributed by atoms with Crippen molar-refractivity contribution < 1.29 is 0 Å². The third kappa shape index (κ3) is 2.65. The molecule has 0 spiro atoms. The van der Waals surface area contributed by atoms with Crippen LogP contribution in [0.3, 0.4) is 0 Å². The van der Waals surface area contributed by atoms with Crippen LogP contribution < -0.4 is 11.2 Å². The number of fused-ring (bicyclic) bond motifs is 2. The SMILES string of the molecule is Cn1c(=O)c2cc(Cc3nc4ccccc4n3C)sc2n(CC2CC2)c1=O. The van der Waals surface area contributed by atoms with Crippen molar-refractivity contribution in [3.05, 3.63) is 61.9 Å². The summed E-state index contributed by atoms with van der Waals surface area (Å²) in [5, 5.41) is 0.636. The van der Waals surface area contributed by atoms with Gasteiger partial charge in [-0.1, -0.05) is 12.1 Å². The summed E-state index contributed by atoms with van der Waals surface area (Å²) in [6, 6.07) is 9.99. The van der Waals surface area contributed by atoms with Gasteiger partial charge in [-0.15, -0.1) is 11.3 Å². The lowest BCUT2D eigenvalue weighted by Crippen LogP contribution is -2.37. The Morgan fingerprint density at radius 3 is 2.67 bits per heavy atom. The number of hydrogen-bond acceptors (Lipinski definition) is 4. The number of hydrogen-bond donors (Lipinski definition) is 0. The first-order valence-corrected chi connectivity index (χ1v) is 9.97. The molecule has 0 saturated heterocycles. The number of nitrogens with zero attached hydrogens (tertiary/aromatic N) is 4. The van der Waals surface area contributed by atoms with Crippen LogP contribution in [0.1, 0.15) is 23.5 Å². The van der Waals surface area contributed by atoms with Gasteiger partial charge in [0.1, 0.15) is 10.7 Å². The van der Waals surface area contributed by atoms with E-state index in [1.165, 1.54) is 4.57 Å². The summed E-state index contributed by atoms with van der Waals surface area (Å²) >= 11 is 1.54. The van der Waals surface area contributed by atoms with Gasteiger partial charge in [0, 0.05) is 31.9 Å². The first kappa shape index (κ1) is 16.5. The van der Waals surface area contributed by atoms with Crippen LogP contribution in [-0.4, -0.2) is 18.7 Å². The molecule has 3 aromatic heterocycles. The van der Waals surface area contributed by atoms with Crippen LogP contribution in [0.4, 0.5) is 0 Å². The molecule has 0 radical (unpaired) electrons. The quantitative estimate of drug-likeness (QED) is 0.547. The molecule has 0 atom stereocenters. The topological polar surface area (TPSA) is 61.8 Å². The lowest BCUT2D eigenvalue weighted by atomic mass is 10.3. The monoisotopic (exact) mass is 380 g/mol. The number of aromatic nitrogens is 4. The Labute approximate surface area is 159 Å². The third-order valence-corrected chi connectivity index (χ3v) is 6.57. The van der Waals surface area contributed by atoms with E-state index in [-0.39, 0.29) is 11.2 Å². The Balaban J connectivity index is 1.63. The van der Waals surface area contributed by atoms with Crippen LogP contribution in [0, 0.1) is 5.92 Å². The highest BCUT2D eigenvalue weighted by atomic mass is 32.1. The summed E-state index contributed by atoms with van der Waals surface area (Å²) in [4.78, 5) is 31.8. The van der Waals surface area contributed by atoms with Crippen molar-refractivity contribution in [1.82, 2.24) is 18.7 Å². The summed E-state index contributed by atoms with van der Waals surface area (Å²) in [6.45, 7) is 0.704. The van der Waals surface area contributed by atoms with E-state index in [4.69, 9.17) is 4.98 Å². The van der Waals surface area contributed by atoms with Crippen molar-refractivity contribution in [2.24, 2.45) is 20.0 Å². The highest BCUT2D eigenvalue weighted by Crippen LogP contribution is 2.32. The highest BCUT2D eigenvalue weighted by molar-refractivity contribution is 7.18. The average Bonchev–Trinajstić information content (AvgIpc) is 3.31. The van der Waals surface area contributed by atoms with Crippen LogP contribution in [0.2, 0.25) is 0 Å². The molecule has 0 bridgehead atoms. The van der Waals surface area contributed by atoms with Crippen LogP contribution in [-0.2, 0) is 27.1 Å². The lowest BCUT2D eigenvalue weighted by molar-refractivity contribution is 0.584. The van der Waals surface area contributed by atoms with Gasteiger partial charge >= 0.3 is 5.69 Å². The van der Waals surface area contributed by atoms with Crippen LogP contribution >= 0.6 is 11.3 Å². The number of para-hydroxylation sites is 2. The summed E-state index contributed by atoms with van der Waals surface area (Å²) in [5.74, 6) is 1.52. The molecule has 138 valence electrons. The zero-order valence-electron chi connectivity index (χ0n) is 15.3. The minimum Gasteiger partial charge on any atom is -0.331 e. The molecular formula is C20H20N4O2S. The Hall–Kier alpha value is -2.67. The maximum atomic E-state index is 12.6. The van der Waals surface area contributed by atoms with E-state index in [1.807, 2.05) is 31.3 Å². The molecule has 0 unspecified atom stereocenters. The highest BCUT2D eigenvalue weighted by Gasteiger charge is 2.25. The molecule has 6 nitrogen and oxygen atoms in total. The van der Waals surface area contributed by atoms with Crippen molar-refractivity contribution in [2.75, 3.05) is 0 Å². The molecule has 0 aliphatic heterocycles. The maximum Gasteiger partial charge on any atom is 0.331 e. The summed E-state index contributed by atoms with van der Waals surface area (Å²) in [6.07, 6.45) is 2.97. The Kier molecular flexibility index (Phi) is 3.62. The standard InChI is InChI=1S/C20H20N4O2S/c1-22-16-6-4-3-5-15(16)21-17(22)10-13-9-14-18(25)23(2)20(26)24(19(14)27-13)11-12-7-8-12/h3-6,9,12H,7-8,10-11H2,1-2H3. The zero-order valence-corrected chi connectivity index (χ0v) is 16.1. The fourth-order valence-corrected chi connectivity index (χ4v) is 4.78. The molecular weight excluding hydrogens is 360 g/mol. The second kappa shape index (κ2) is 5.92. The molecule has 1 aliphatic carbocycles. The molecule has 4 aromatic rings. The first-order chi connectivity index (χ1) is 13.0. The second-order valence-corrected chi connectivity index (χ2v) is 8.50. The molecule has 0 N–H and O–H groups in total. The van der Waals surface area contributed by atoms with Gasteiger partial charge in [-0.3, -0.25) is 13.9 Å². The summed E-state index contributed by atoms with van der Waals surface area (Å²) < 4.78 is 5.11. The van der Waals surface area contributed by atoms with E-state index in [0.717, 1.165) is 39.4 Å². The van der Waals surface area contributed by atoms with Gasteiger partial charge in [0.2, 0.25) is 0 Å². The minimum atomic E-state index is -0.213. The summed E-state index contributed by atoms with van der Waals surface area (Å²) in [5.41, 5.74) is 1.64. The zero-order chi connectivity index (χ0) is 18.7. The first-order valence-electron chi connectivity index (χ1n) is 9.15. The largest absolute Gasteiger partial charge is 0.331 e. The predicted molar refractivity (Wildman–Crippen MR) is 108 cm³/mol. The number of rotatable bonds is 4. The molecule has 7 heteroatoms. The van der Waals surface area contributed by atoms with E-state index in [2.05, 4.69) is 10.6 Å². The normalized spacial score (nSPS) is 14.4. The van der Waals surface area contributed by atoms with Gasteiger partial charge < -0.3 is 4.57 Å². The summed E-state index contributed by atoms with van der Waals surface area (Å²) in [7, 11) is 3.58. The fraction of sp³-hybridized carbons (Fsp3) is 0.350. The van der Waals surface area contributed by atoms with Crippen molar-refractivity contribution in [2.45, 2.75) is 25.8 Å².